The maximum Gasteiger partial charge on any atom is 0.214 e. The molecule has 0 fully saturated rings. The van der Waals surface area contributed by atoms with E-state index in [-0.39, 0.29) is 6.04 Å². The van der Waals surface area contributed by atoms with Crippen LogP contribution in [-0.2, 0) is 0 Å². The lowest BCUT2D eigenvalue weighted by molar-refractivity contribution is 0.584. The minimum atomic E-state index is -0.556. The van der Waals surface area contributed by atoms with Crippen LogP contribution in [0.2, 0.25) is 0 Å². The van der Waals surface area contributed by atoms with E-state index in [1.165, 1.54) is 12.1 Å². The van der Waals surface area contributed by atoms with Gasteiger partial charge in [-0.2, -0.15) is 4.39 Å². The first kappa shape index (κ1) is 11.4. The highest BCUT2D eigenvalue weighted by Crippen LogP contribution is 2.17. The summed E-state index contributed by atoms with van der Waals surface area (Å²) in [5.74, 6) is -0.551. The van der Waals surface area contributed by atoms with Crippen LogP contribution in [0.1, 0.15) is 18.5 Å². The molecule has 5 heteroatoms. The largest absolute Gasteiger partial charge is 0.363 e. The second-order valence-electron chi connectivity index (χ2n) is 3.65. The molecule has 2 aromatic rings. The fourth-order valence-electron chi connectivity index (χ4n) is 1.46. The molecule has 0 aliphatic rings. The van der Waals surface area contributed by atoms with E-state index in [1.807, 2.05) is 6.92 Å². The van der Waals surface area contributed by atoms with Gasteiger partial charge in [0.15, 0.2) is 0 Å². The summed E-state index contributed by atoms with van der Waals surface area (Å²) >= 11 is 0. The molecule has 0 radical (unpaired) electrons. The Balaban J connectivity index is 2.14. The van der Waals surface area contributed by atoms with Crippen molar-refractivity contribution in [1.29, 1.82) is 0 Å². The number of rotatable bonds is 3. The molecular weight excluding hydrogens is 224 g/mol. The molecule has 0 aliphatic carbocycles. The molecule has 2 rings (SSSR count). The summed E-state index contributed by atoms with van der Waals surface area (Å²) in [5.41, 5.74) is 0.677. The third-order valence-electron chi connectivity index (χ3n) is 2.31. The van der Waals surface area contributed by atoms with Gasteiger partial charge in [0, 0.05) is 6.20 Å². The maximum atomic E-state index is 13.0. The Labute approximate surface area is 97.5 Å². The van der Waals surface area contributed by atoms with Crippen LogP contribution in [0.25, 0.3) is 0 Å². The van der Waals surface area contributed by atoms with Crippen molar-refractivity contribution >= 4 is 5.82 Å². The fourth-order valence-corrected chi connectivity index (χ4v) is 1.46. The van der Waals surface area contributed by atoms with Gasteiger partial charge in [-0.25, -0.2) is 9.37 Å². The van der Waals surface area contributed by atoms with E-state index in [4.69, 9.17) is 0 Å². The molecule has 17 heavy (non-hydrogen) atoms. The first-order valence-corrected chi connectivity index (χ1v) is 5.14. The number of halogens is 2. The molecule has 2 aromatic heterocycles. The van der Waals surface area contributed by atoms with Crippen LogP contribution in [0, 0.1) is 11.8 Å². The average molecular weight is 235 g/mol. The SMILES string of the molecule is CC(Nc1cccc(F)n1)c1cncc(F)c1. The zero-order chi connectivity index (χ0) is 12.3. The Hall–Kier alpha value is -2.04. The minimum Gasteiger partial charge on any atom is -0.363 e. The number of nitrogens with one attached hydrogen (secondary N) is 1. The molecule has 0 aromatic carbocycles. The second-order valence-corrected chi connectivity index (χ2v) is 3.65. The zero-order valence-corrected chi connectivity index (χ0v) is 9.19. The topological polar surface area (TPSA) is 37.8 Å². The predicted molar refractivity (Wildman–Crippen MR) is 60.4 cm³/mol. The van der Waals surface area contributed by atoms with Crippen LogP contribution >= 0.6 is 0 Å². The van der Waals surface area contributed by atoms with Crippen molar-refractivity contribution in [3.8, 4) is 0 Å². The number of aromatic nitrogens is 2. The molecule has 88 valence electrons. The van der Waals surface area contributed by atoms with E-state index < -0.39 is 11.8 Å². The van der Waals surface area contributed by atoms with Crippen LogP contribution in [0.4, 0.5) is 14.6 Å². The van der Waals surface area contributed by atoms with Gasteiger partial charge in [-0.1, -0.05) is 6.07 Å². The van der Waals surface area contributed by atoms with Crippen molar-refractivity contribution < 1.29 is 8.78 Å². The summed E-state index contributed by atoms with van der Waals surface area (Å²) in [6.45, 7) is 1.82. The highest BCUT2D eigenvalue weighted by Gasteiger charge is 2.07. The maximum absolute atomic E-state index is 13.0. The molecule has 0 spiro atoms. The summed E-state index contributed by atoms with van der Waals surface area (Å²) in [4.78, 5) is 7.42. The van der Waals surface area contributed by atoms with Gasteiger partial charge in [-0.3, -0.25) is 4.98 Å². The molecule has 0 aliphatic heterocycles. The molecule has 0 saturated carbocycles. The monoisotopic (exact) mass is 235 g/mol. The molecule has 1 unspecified atom stereocenters. The molecule has 0 amide bonds. The predicted octanol–water partition coefficient (Wildman–Crippen LogP) is 2.93. The molecule has 3 nitrogen and oxygen atoms in total. The van der Waals surface area contributed by atoms with Gasteiger partial charge < -0.3 is 5.32 Å². The molecule has 0 bridgehead atoms. The van der Waals surface area contributed by atoms with Gasteiger partial charge in [0.2, 0.25) is 5.95 Å². The van der Waals surface area contributed by atoms with Gasteiger partial charge >= 0.3 is 0 Å². The van der Waals surface area contributed by atoms with Crippen LogP contribution in [0.5, 0.6) is 0 Å². The standard InChI is InChI=1S/C12H11F2N3/c1-8(9-5-10(13)7-15-6-9)16-12-4-2-3-11(14)17-12/h2-8H,1H3,(H,16,17). The van der Waals surface area contributed by atoms with Crippen molar-refractivity contribution in [1.82, 2.24) is 9.97 Å². The third kappa shape index (κ3) is 2.96. The van der Waals surface area contributed by atoms with Crippen LogP contribution in [-0.4, -0.2) is 9.97 Å². The number of nitrogens with zero attached hydrogens (tertiary/aromatic N) is 2. The quantitative estimate of drug-likeness (QED) is 0.831. The Morgan fingerprint density at radius 1 is 1.24 bits per heavy atom. The van der Waals surface area contributed by atoms with Gasteiger partial charge in [-0.15, -0.1) is 0 Å². The highest BCUT2D eigenvalue weighted by atomic mass is 19.1. The number of pyridine rings is 2. The first-order chi connectivity index (χ1) is 8.15. The highest BCUT2D eigenvalue weighted by molar-refractivity contribution is 5.37. The van der Waals surface area contributed by atoms with Crippen LogP contribution < -0.4 is 5.32 Å². The lowest BCUT2D eigenvalue weighted by atomic mass is 10.1. The average Bonchev–Trinajstić information content (AvgIpc) is 2.29. The van der Waals surface area contributed by atoms with E-state index in [2.05, 4.69) is 15.3 Å². The summed E-state index contributed by atoms with van der Waals surface area (Å²) in [6.07, 6.45) is 2.69. The van der Waals surface area contributed by atoms with Crippen LogP contribution in [0.3, 0.4) is 0 Å². The summed E-state index contributed by atoms with van der Waals surface area (Å²) in [5, 5.41) is 2.97. The third-order valence-corrected chi connectivity index (χ3v) is 2.31. The molecular formula is C12H11F2N3. The Kier molecular flexibility index (Phi) is 3.27. The van der Waals surface area contributed by atoms with Gasteiger partial charge in [0.25, 0.3) is 0 Å². The smallest absolute Gasteiger partial charge is 0.214 e. The lowest BCUT2D eigenvalue weighted by Crippen LogP contribution is -2.08. The second kappa shape index (κ2) is 4.86. The minimum absolute atomic E-state index is 0.201. The van der Waals surface area contributed by atoms with Crippen molar-refractivity contribution in [2.75, 3.05) is 5.32 Å². The van der Waals surface area contributed by atoms with Crippen LogP contribution in [0.15, 0.2) is 36.7 Å². The normalized spacial score (nSPS) is 12.2. The van der Waals surface area contributed by atoms with Crippen molar-refractivity contribution in [2.45, 2.75) is 13.0 Å². The van der Waals surface area contributed by atoms with E-state index in [0.717, 1.165) is 6.20 Å². The molecule has 1 atom stereocenters. The molecule has 0 saturated heterocycles. The Morgan fingerprint density at radius 3 is 2.76 bits per heavy atom. The number of anilines is 1. The van der Waals surface area contributed by atoms with E-state index >= 15 is 0 Å². The van der Waals surface area contributed by atoms with Crippen molar-refractivity contribution in [3.63, 3.8) is 0 Å². The number of hydrogen-bond donors (Lipinski definition) is 1. The Morgan fingerprint density at radius 2 is 2.06 bits per heavy atom. The van der Waals surface area contributed by atoms with E-state index in [0.29, 0.717) is 11.4 Å². The van der Waals surface area contributed by atoms with Crippen molar-refractivity contribution in [3.05, 3.63) is 54.0 Å². The molecule has 2 heterocycles. The zero-order valence-electron chi connectivity index (χ0n) is 9.19. The Bertz CT molecular complexity index is 517. The van der Waals surface area contributed by atoms with E-state index in [1.54, 1.807) is 18.3 Å². The number of hydrogen-bond acceptors (Lipinski definition) is 3. The van der Waals surface area contributed by atoms with Gasteiger partial charge in [0.1, 0.15) is 11.6 Å². The van der Waals surface area contributed by atoms with E-state index in [9.17, 15) is 8.78 Å². The van der Waals surface area contributed by atoms with Crippen molar-refractivity contribution in [2.24, 2.45) is 0 Å². The lowest BCUT2D eigenvalue weighted by Gasteiger charge is -2.14. The summed E-state index contributed by atoms with van der Waals surface area (Å²) in [7, 11) is 0. The first-order valence-electron chi connectivity index (χ1n) is 5.14. The van der Waals surface area contributed by atoms with Gasteiger partial charge in [-0.05, 0) is 30.7 Å². The fraction of sp³-hybridized carbons (Fsp3) is 0.167. The summed E-state index contributed by atoms with van der Waals surface area (Å²) < 4.78 is 25.8. The summed E-state index contributed by atoms with van der Waals surface area (Å²) in [6, 6.07) is 5.64. The van der Waals surface area contributed by atoms with Gasteiger partial charge in [0.05, 0.1) is 12.2 Å². The molecule has 1 N–H and O–H groups in total.